The molecule has 6 nitrogen and oxygen atoms in total. The highest BCUT2D eigenvalue weighted by atomic mass is 16.5. The lowest BCUT2D eigenvalue weighted by Crippen LogP contribution is -2.46. The summed E-state index contributed by atoms with van der Waals surface area (Å²) >= 11 is 0. The molecule has 52 heavy (non-hydrogen) atoms. The highest BCUT2D eigenvalue weighted by molar-refractivity contribution is 5.77. The van der Waals surface area contributed by atoms with Gasteiger partial charge < -0.3 is 20.3 Å². The molecule has 0 aromatic heterocycles. The van der Waals surface area contributed by atoms with Crippen LogP contribution in [0.5, 0.6) is 0 Å². The van der Waals surface area contributed by atoms with Crippen molar-refractivity contribution >= 4 is 11.9 Å². The number of aliphatic hydroxyl groups is 2. The van der Waals surface area contributed by atoms with Crippen molar-refractivity contribution in [2.45, 2.75) is 225 Å². The molecule has 0 aromatic rings. The molecule has 0 heterocycles. The molecule has 0 bridgehead atoms. The van der Waals surface area contributed by atoms with Gasteiger partial charge in [-0.25, -0.2) is 0 Å². The molecule has 6 heteroatoms. The van der Waals surface area contributed by atoms with Crippen LogP contribution in [0.4, 0.5) is 0 Å². The van der Waals surface area contributed by atoms with Crippen LogP contribution in [0.1, 0.15) is 207 Å². The molecule has 3 atom stereocenters. The normalized spacial score (nSPS) is 13.9. The molecule has 3 unspecified atom stereocenters. The van der Waals surface area contributed by atoms with Gasteiger partial charge in [0.05, 0.1) is 25.2 Å². The first-order valence-corrected chi connectivity index (χ1v) is 21.9. The van der Waals surface area contributed by atoms with E-state index >= 15 is 0 Å². The molecule has 0 aliphatic carbocycles. The first-order chi connectivity index (χ1) is 25.5. The topological polar surface area (TPSA) is 95.9 Å². The van der Waals surface area contributed by atoms with Gasteiger partial charge in [0, 0.05) is 6.42 Å². The monoisotopic (exact) mass is 730 g/mol. The first kappa shape index (κ1) is 49.8. The highest BCUT2D eigenvalue weighted by Gasteiger charge is 2.24. The Balaban J connectivity index is 4.69. The summed E-state index contributed by atoms with van der Waals surface area (Å²) in [5, 5.41) is 23.5. The van der Waals surface area contributed by atoms with E-state index in [2.05, 4.69) is 74.7 Å². The maximum atomic E-state index is 13.1. The number of carbonyl (C=O) groups is 2. The SMILES string of the molecule is CC/C=C/C/C=C/C/C=C/CCCCC(CC(=O)NC(CO)C(O)CCCCCCCCCCCC)OC(=O)CCCCCCC/C=C\CCCC. The van der Waals surface area contributed by atoms with Gasteiger partial charge in [-0.3, -0.25) is 9.59 Å². The second kappa shape index (κ2) is 40.0. The van der Waals surface area contributed by atoms with Crippen molar-refractivity contribution in [2.24, 2.45) is 0 Å². The molecule has 1 amide bonds. The van der Waals surface area contributed by atoms with Crippen molar-refractivity contribution in [2.75, 3.05) is 6.61 Å². The van der Waals surface area contributed by atoms with E-state index < -0.39 is 18.2 Å². The van der Waals surface area contributed by atoms with Gasteiger partial charge >= 0.3 is 5.97 Å². The predicted octanol–water partition coefficient (Wildman–Crippen LogP) is 12.3. The fourth-order valence-corrected chi connectivity index (χ4v) is 6.31. The second-order valence-electron chi connectivity index (χ2n) is 14.7. The quantitative estimate of drug-likeness (QED) is 0.0334. The average molecular weight is 730 g/mol. The van der Waals surface area contributed by atoms with E-state index in [9.17, 15) is 19.8 Å². The largest absolute Gasteiger partial charge is 0.462 e. The Hall–Kier alpha value is -2.18. The molecule has 0 aliphatic heterocycles. The van der Waals surface area contributed by atoms with Gasteiger partial charge in [0.2, 0.25) is 5.91 Å². The number of unbranched alkanes of at least 4 members (excludes halogenated alkanes) is 18. The number of hydrogen-bond donors (Lipinski definition) is 3. The fourth-order valence-electron chi connectivity index (χ4n) is 6.31. The summed E-state index contributed by atoms with van der Waals surface area (Å²) in [6, 6.07) is -0.712. The van der Waals surface area contributed by atoms with Crippen molar-refractivity contribution in [3.63, 3.8) is 0 Å². The van der Waals surface area contributed by atoms with Crippen molar-refractivity contribution in [1.82, 2.24) is 5.32 Å². The third-order valence-electron chi connectivity index (χ3n) is 9.64. The zero-order chi connectivity index (χ0) is 38.2. The number of amides is 1. The Kier molecular flexibility index (Phi) is 38.3. The van der Waals surface area contributed by atoms with Gasteiger partial charge in [-0.05, 0) is 77.0 Å². The van der Waals surface area contributed by atoms with Crippen LogP contribution in [0.3, 0.4) is 0 Å². The van der Waals surface area contributed by atoms with E-state index in [1.54, 1.807) is 0 Å². The minimum Gasteiger partial charge on any atom is -0.462 e. The number of esters is 1. The molecular formula is C46H83NO5. The molecule has 0 fully saturated rings. The third kappa shape index (κ3) is 34.9. The number of ether oxygens (including phenoxy) is 1. The summed E-state index contributed by atoms with van der Waals surface area (Å²) in [5.41, 5.74) is 0. The van der Waals surface area contributed by atoms with E-state index in [0.717, 1.165) is 83.5 Å². The summed E-state index contributed by atoms with van der Waals surface area (Å²) in [6.45, 7) is 6.28. The highest BCUT2D eigenvalue weighted by Crippen LogP contribution is 2.16. The van der Waals surface area contributed by atoms with E-state index in [0.29, 0.717) is 19.3 Å². The summed E-state index contributed by atoms with van der Waals surface area (Å²) in [5.74, 6) is -0.528. The van der Waals surface area contributed by atoms with Gasteiger partial charge in [0.15, 0.2) is 0 Å². The van der Waals surface area contributed by atoms with Crippen molar-refractivity contribution in [3.05, 3.63) is 48.6 Å². The lowest BCUT2D eigenvalue weighted by Gasteiger charge is -2.24. The zero-order valence-electron chi connectivity index (χ0n) is 34.2. The number of allylic oxidation sites excluding steroid dienone is 8. The summed E-state index contributed by atoms with van der Waals surface area (Å²) < 4.78 is 5.86. The van der Waals surface area contributed by atoms with Gasteiger partial charge in [0.25, 0.3) is 0 Å². The third-order valence-corrected chi connectivity index (χ3v) is 9.64. The molecule has 0 aromatic carbocycles. The molecule has 3 N–H and O–H groups in total. The van der Waals surface area contributed by atoms with Crippen molar-refractivity contribution < 1.29 is 24.5 Å². The smallest absolute Gasteiger partial charge is 0.306 e. The lowest BCUT2D eigenvalue weighted by molar-refractivity contribution is -0.151. The Morgan fingerprint density at radius 2 is 1.06 bits per heavy atom. The Labute approximate surface area is 321 Å². The summed E-state index contributed by atoms with van der Waals surface area (Å²) in [4.78, 5) is 25.9. The van der Waals surface area contributed by atoms with Crippen molar-refractivity contribution in [3.8, 4) is 0 Å². The summed E-state index contributed by atoms with van der Waals surface area (Å²) in [7, 11) is 0. The molecule has 0 saturated carbocycles. The Morgan fingerprint density at radius 3 is 1.67 bits per heavy atom. The van der Waals surface area contributed by atoms with Crippen LogP contribution in [0.15, 0.2) is 48.6 Å². The molecule has 0 radical (unpaired) electrons. The van der Waals surface area contributed by atoms with Gasteiger partial charge in [0.1, 0.15) is 6.10 Å². The van der Waals surface area contributed by atoms with Crippen LogP contribution in [0.2, 0.25) is 0 Å². The molecule has 302 valence electrons. The number of hydrogen-bond acceptors (Lipinski definition) is 5. The van der Waals surface area contributed by atoms with E-state index in [1.807, 2.05) is 0 Å². The molecule has 0 saturated heterocycles. The van der Waals surface area contributed by atoms with Gasteiger partial charge in [-0.1, -0.05) is 166 Å². The predicted molar refractivity (Wildman–Crippen MR) is 222 cm³/mol. The Morgan fingerprint density at radius 1 is 0.577 bits per heavy atom. The molecular weight excluding hydrogens is 647 g/mol. The van der Waals surface area contributed by atoms with E-state index in [-0.39, 0.29) is 24.9 Å². The average Bonchev–Trinajstić information content (AvgIpc) is 3.13. The Bertz CT molecular complexity index is 910. The maximum Gasteiger partial charge on any atom is 0.306 e. The van der Waals surface area contributed by atoms with Crippen LogP contribution in [-0.2, 0) is 14.3 Å². The van der Waals surface area contributed by atoms with Crippen LogP contribution >= 0.6 is 0 Å². The number of aliphatic hydroxyl groups excluding tert-OH is 2. The second-order valence-corrected chi connectivity index (χ2v) is 14.7. The number of carbonyl (C=O) groups excluding carboxylic acids is 2. The van der Waals surface area contributed by atoms with E-state index in [1.165, 1.54) is 77.0 Å². The molecule has 0 spiro atoms. The first-order valence-electron chi connectivity index (χ1n) is 21.9. The minimum absolute atomic E-state index is 0.0477. The number of nitrogens with one attached hydrogen (secondary N) is 1. The van der Waals surface area contributed by atoms with Gasteiger partial charge in [-0.2, -0.15) is 0 Å². The molecule has 0 aliphatic rings. The van der Waals surface area contributed by atoms with Gasteiger partial charge in [-0.15, -0.1) is 0 Å². The number of rotatable bonds is 38. The minimum atomic E-state index is -0.796. The van der Waals surface area contributed by atoms with Crippen molar-refractivity contribution in [1.29, 1.82) is 0 Å². The van der Waals surface area contributed by atoms with E-state index in [4.69, 9.17) is 4.74 Å². The summed E-state index contributed by atoms with van der Waals surface area (Å²) in [6.07, 6.45) is 46.0. The fraction of sp³-hybridized carbons (Fsp3) is 0.783. The maximum absolute atomic E-state index is 13.1. The van der Waals surface area contributed by atoms with Crippen LogP contribution in [-0.4, -0.2) is 46.9 Å². The van der Waals surface area contributed by atoms with Crippen LogP contribution in [0.25, 0.3) is 0 Å². The molecule has 0 rings (SSSR count). The standard InChI is InChI=1S/C46H83NO5/c1-4-7-10-13-16-19-22-24-25-28-31-34-37-42(52-46(51)39-36-33-30-27-23-20-17-14-11-8-5-2)40-45(50)47-43(41-48)44(49)38-35-32-29-26-21-18-15-12-9-6-3/h7,10,14,16-17,19,24-25,42-44,48-49H,4-6,8-9,11-13,15,18,20-23,26-41H2,1-3H3,(H,47,50)/b10-7+,17-14-,19-16+,25-24+. The lowest BCUT2D eigenvalue weighted by atomic mass is 10.0. The van der Waals surface area contributed by atoms with Crippen LogP contribution < -0.4 is 5.32 Å². The zero-order valence-corrected chi connectivity index (χ0v) is 34.2. The van der Waals surface area contributed by atoms with Crippen LogP contribution in [0, 0.1) is 0 Å².